The van der Waals surface area contributed by atoms with Gasteiger partial charge in [-0.1, -0.05) is 172 Å². The maximum Gasteiger partial charge on any atom is 2.00 e. The van der Waals surface area contributed by atoms with Crippen molar-refractivity contribution in [3.63, 3.8) is 0 Å². The van der Waals surface area contributed by atoms with Gasteiger partial charge in [0.2, 0.25) is 0 Å². The van der Waals surface area contributed by atoms with E-state index in [1.807, 2.05) is 79.7 Å². The summed E-state index contributed by atoms with van der Waals surface area (Å²) in [6.45, 7) is 28.4. The maximum atomic E-state index is 11.6. The topological polar surface area (TPSA) is 482 Å². The minimum atomic E-state index is -1.35. The second-order valence-electron chi connectivity index (χ2n) is 33.8. The van der Waals surface area contributed by atoms with E-state index in [0.717, 1.165) is 109 Å². The van der Waals surface area contributed by atoms with Gasteiger partial charge in [-0.3, -0.25) is 0 Å². The summed E-state index contributed by atoms with van der Waals surface area (Å²) in [6.07, 6.45) is 13.8. The molecule has 6 saturated carbocycles. The molecule has 8 aliphatic carbocycles. The number of carboxylic acid groups (broad SMARTS) is 12. The number of benzene rings is 2. The Bertz CT molecular complexity index is 3380. The molecule has 0 spiro atoms. The van der Waals surface area contributed by atoms with Crippen LogP contribution in [-0.2, 0) is 70.4 Å². The van der Waals surface area contributed by atoms with Crippen molar-refractivity contribution in [2.24, 2.45) is 115 Å². The molecule has 6 fully saturated rings. The number of rotatable bonds is 14. The first-order valence-corrected chi connectivity index (χ1v) is 37.7. The summed E-state index contributed by atoms with van der Waals surface area (Å²) in [6, 6.07) is 7.25. The van der Waals surface area contributed by atoms with Gasteiger partial charge < -0.3 is 119 Å². The Morgan fingerprint density at radius 1 is 0.330 bits per heavy atom. The van der Waals surface area contributed by atoms with E-state index in [1.54, 1.807) is 13.8 Å². The molecular weight excluding hydrogens is 1610 g/mol. The van der Waals surface area contributed by atoms with E-state index in [1.165, 1.54) is 41.5 Å². The molecule has 0 radical (unpaired) electrons. The van der Waals surface area contributed by atoms with Gasteiger partial charge in [-0.05, 0) is 196 Å². The van der Waals surface area contributed by atoms with E-state index in [0.29, 0.717) is 75.0 Å². The fourth-order valence-electron chi connectivity index (χ4n) is 19.9. The molecule has 24 nitrogen and oxygen atoms in total. The van der Waals surface area contributed by atoms with Crippen molar-refractivity contribution in [2.45, 2.75) is 251 Å². The number of carbonyl (C=O) groups excluding carboxylic acids is 12. The third-order valence-electron chi connectivity index (χ3n) is 28.3. The minimum Gasteiger partial charge on any atom is -0.550 e. The third-order valence-corrected chi connectivity index (χ3v) is 28.3. The van der Waals surface area contributed by atoms with Gasteiger partial charge in [-0.25, -0.2) is 0 Å². The standard InChI is InChI=1S/C18H24O4.C14H22O4.C14H24O4.C12H18O4.C12H12O4.C12H20O4.6Ca/c1-7-8(2)10(4)14-12(6)16(18(21)22)15(17(19)20)11(5)13(14)9(7)3;1-13(11(15)16)7-9-5-3-4-6-10(9)8-14(13,2)12(17)18;1-5-9-7-13(3,11(15)16)14(4,12(17)18)8-10(9)6-2;2*13-11(14)9-5-7-3-1-2-4-8(7)6-10(9)12(15)16;1-7-5-11(3,9(13)14)12(4,10(15)16)6-8(7)2;;;;;;/h11-12,15-16H,1-6H3,(H,19,20)(H,21,22);9-10H,3-8H2,1-2H3,(H,15,16)(H,17,18);9-10H,5-8H2,1-4H3,(H,15,16)(H,17,18);7-10H,1-6H2,(H,13,14)(H,15,16);1-4,9-10H,5-6H2,(H,13,14)(H,15,16);7-8H,5-6H2,1-4H3,(H,13,14)(H,15,16);;;;;;/q;;;;;;6*+2/p-12. The van der Waals surface area contributed by atoms with Gasteiger partial charge in [-0.2, -0.15) is 0 Å². The molecule has 2 aromatic rings. The SMILES string of the molecule is CC1(C(=O)[O-])CC2CCCCC2CC1(C)C(=O)[O-].CC1CC(C)(C(=O)[O-])C(C)(C(=O)[O-])CC1C.CCC1CC(C)(C(=O)[O-])C(C)(C(=O)[O-])CC1CC.Cc1c(C)c(C)c2c(c1C)C(C)C(C(=O)[O-])C(C(=O)[O-])C2C.O=C([O-])C1CC2CCCCC2CC1C(=O)[O-].O=C([O-])C1Cc2ccccc2CC1C(=O)[O-].[Ca+2].[Ca+2].[Ca+2].[Ca+2].[Ca+2].[Ca+2]. The zero-order valence-electron chi connectivity index (χ0n) is 68.7. The predicted molar refractivity (Wildman–Crippen MR) is 394 cm³/mol. The molecule has 0 bridgehead atoms. The van der Waals surface area contributed by atoms with Crippen LogP contribution in [0.4, 0.5) is 0 Å². The zero-order valence-corrected chi connectivity index (χ0v) is 82.0. The Balaban J connectivity index is 0. The Kier molecular flexibility index (Phi) is 48.0. The molecule has 2 aromatic carbocycles. The fourth-order valence-corrected chi connectivity index (χ4v) is 19.9. The number of hydrogen-bond acceptors (Lipinski definition) is 24. The van der Waals surface area contributed by atoms with E-state index in [4.69, 9.17) is 0 Å². The van der Waals surface area contributed by atoms with Gasteiger partial charge in [0.15, 0.2) is 0 Å². The first kappa shape index (κ1) is 114. The summed E-state index contributed by atoms with van der Waals surface area (Å²) in [5.74, 6) is -19.7. The van der Waals surface area contributed by atoms with Gasteiger partial charge in [0.1, 0.15) is 0 Å². The average Bonchev–Trinajstić information content (AvgIpc) is 0.771. The van der Waals surface area contributed by atoms with Crippen molar-refractivity contribution >= 4 is 298 Å². The minimum absolute atomic E-state index is 0. The molecule has 592 valence electrons. The maximum absolute atomic E-state index is 11.6. The van der Waals surface area contributed by atoms with E-state index in [9.17, 15) is 119 Å². The van der Waals surface area contributed by atoms with E-state index in [2.05, 4.69) is 0 Å². The summed E-state index contributed by atoms with van der Waals surface area (Å²) in [7, 11) is 0. The van der Waals surface area contributed by atoms with Crippen molar-refractivity contribution in [3.05, 3.63) is 68.8 Å². The Morgan fingerprint density at radius 3 is 0.786 bits per heavy atom. The number of carboxylic acids is 12. The van der Waals surface area contributed by atoms with Gasteiger partial charge in [0.05, 0.1) is 0 Å². The summed E-state index contributed by atoms with van der Waals surface area (Å²) in [4.78, 5) is 135. The van der Waals surface area contributed by atoms with Crippen LogP contribution in [0.2, 0.25) is 0 Å². The molecule has 22 atom stereocenters. The summed E-state index contributed by atoms with van der Waals surface area (Å²) < 4.78 is 0. The first-order chi connectivity index (χ1) is 49.0. The van der Waals surface area contributed by atoms with Crippen LogP contribution in [0.3, 0.4) is 0 Å². The Morgan fingerprint density at radius 2 is 0.562 bits per heavy atom. The zero-order chi connectivity index (χ0) is 80.8. The van der Waals surface area contributed by atoms with Crippen LogP contribution >= 0.6 is 0 Å². The van der Waals surface area contributed by atoms with Crippen molar-refractivity contribution in [1.82, 2.24) is 0 Å². The van der Waals surface area contributed by atoms with Gasteiger partial charge in [-0.15, -0.1) is 0 Å². The normalized spacial score (nSPS) is 34.1. The van der Waals surface area contributed by atoms with Crippen LogP contribution in [0.5, 0.6) is 0 Å². The van der Waals surface area contributed by atoms with Crippen LogP contribution in [0, 0.1) is 143 Å². The largest absolute Gasteiger partial charge is 2.00 e. The third kappa shape index (κ3) is 24.5. The van der Waals surface area contributed by atoms with Gasteiger partial charge in [0, 0.05) is 140 Å². The summed E-state index contributed by atoms with van der Waals surface area (Å²) >= 11 is 0. The second kappa shape index (κ2) is 47.3. The Labute approximate surface area is 839 Å². The monoisotopic (exact) mass is 1720 g/mol. The van der Waals surface area contributed by atoms with E-state index in [-0.39, 0.29) is 263 Å². The molecule has 0 N–H and O–H groups in total. The average molecular weight is 1720 g/mol. The van der Waals surface area contributed by atoms with Crippen molar-refractivity contribution in [2.75, 3.05) is 0 Å². The first-order valence-electron chi connectivity index (χ1n) is 37.7. The van der Waals surface area contributed by atoms with Crippen molar-refractivity contribution in [1.29, 1.82) is 0 Å². The number of fused-ring (bicyclic) bond motifs is 4. The summed E-state index contributed by atoms with van der Waals surface area (Å²) in [5, 5.41) is 135. The smallest absolute Gasteiger partial charge is 0.550 e. The van der Waals surface area contributed by atoms with Gasteiger partial charge >= 0.3 is 226 Å². The van der Waals surface area contributed by atoms with Crippen LogP contribution < -0.4 is 61.3 Å². The molecular formula is C82H108Ca6O24. The van der Waals surface area contributed by atoms with Crippen molar-refractivity contribution in [3.8, 4) is 0 Å². The molecule has 0 aliphatic heterocycles. The van der Waals surface area contributed by atoms with Crippen LogP contribution in [0.25, 0.3) is 0 Å². The van der Waals surface area contributed by atoms with Crippen LogP contribution in [0.1, 0.15) is 255 Å². The number of carbonyl (C=O) groups is 12. The second-order valence-corrected chi connectivity index (χ2v) is 33.8. The Hall–Kier alpha value is -0.362. The molecule has 10 rings (SSSR count). The number of aliphatic carboxylic acids is 12. The number of hydrogen-bond donors (Lipinski definition) is 0. The summed E-state index contributed by atoms with van der Waals surface area (Å²) in [5.41, 5.74) is 0.0724. The molecule has 30 heteroatoms. The van der Waals surface area contributed by atoms with Crippen LogP contribution in [0.15, 0.2) is 24.3 Å². The van der Waals surface area contributed by atoms with Crippen molar-refractivity contribution < 1.29 is 119 Å². The van der Waals surface area contributed by atoms with Crippen LogP contribution in [-0.4, -0.2) is 298 Å². The predicted octanol–water partition coefficient (Wildman–Crippen LogP) is -3.57. The molecule has 22 unspecified atom stereocenters. The molecule has 0 aromatic heterocycles. The molecule has 0 saturated heterocycles. The molecule has 8 aliphatic rings. The molecule has 0 amide bonds. The fraction of sp³-hybridized carbons (Fsp3) is 0.707. The van der Waals surface area contributed by atoms with E-state index >= 15 is 0 Å². The van der Waals surface area contributed by atoms with E-state index < -0.39 is 151 Å². The molecule has 0 heterocycles. The quantitative estimate of drug-likeness (QED) is 0.165. The molecule has 112 heavy (non-hydrogen) atoms. The van der Waals surface area contributed by atoms with Gasteiger partial charge in [0.25, 0.3) is 0 Å².